The van der Waals surface area contributed by atoms with E-state index in [2.05, 4.69) is 24.1 Å². The molecule has 1 aromatic rings. The van der Waals surface area contributed by atoms with Crippen LogP contribution in [0.3, 0.4) is 0 Å². The van der Waals surface area contributed by atoms with Crippen LogP contribution in [0.2, 0.25) is 5.02 Å². The molecule has 0 bridgehead atoms. The van der Waals surface area contributed by atoms with Crippen molar-refractivity contribution in [2.24, 2.45) is 0 Å². The van der Waals surface area contributed by atoms with Crippen molar-refractivity contribution in [3.8, 4) is 0 Å². The molecule has 9 heteroatoms. The number of halogens is 1. The van der Waals surface area contributed by atoms with Gasteiger partial charge in [-0.25, -0.2) is 16.8 Å². The molecule has 2 aliphatic rings. The van der Waals surface area contributed by atoms with Gasteiger partial charge in [-0.1, -0.05) is 18.0 Å². The fraction of sp³-hybridized carbons (Fsp3) is 0.684. The van der Waals surface area contributed by atoms with Gasteiger partial charge in [0, 0.05) is 23.1 Å². The van der Waals surface area contributed by atoms with Crippen molar-refractivity contribution in [3.63, 3.8) is 0 Å². The van der Waals surface area contributed by atoms with E-state index in [0.717, 1.165) is 25.9 Å². The Bertz CT molecular complexity index is 892. The lowest BCUT2D eigenvalue weighted by molar-refractivity contribution is 0.0925. The molecule has 2 aliphatic heterocycles. The Hall–Kier alpha value is -0.670. The average molecular weight is 449 g/mol. The molecule has 2 atom stereocenters. The molecule has 2 heterocycles. The Morgan fingerprint density at radius 1 is 1.11 bits per heavy atom. The highest BCUT2D eigenvalue weighted by Crippen LogP contribution is 2.28. The van der Waals surface area contributed by atoms with E-state index in [1.807, 2.05) is 0 Å². The summed E-state index contributed by atoms with van der Waals surface area (Å²) >= 11 is 5.86. The lowest BCUT2D eigenvalue weighted by Crippen LogP contribution is -2.56. The van der Waals surface area contributed by atoms with Crippen LogP contribution in [0.1, 0.15) is 33.1 Å². The largest absolute Gasteiger partial charge is 0.310 e. The molecule has 0 spiro atoms. The van der Waals surface area contributed by atoms with Gasteiger partial charge in [0.05, 0.1) is 21.7 Å². The van der Waals surface area contributed by atoms with Gasteiger partial charge >= 0.3 is 0 Å². The molecule has 6 nitrogen and oxygen atoms in total. The van der Waals surface area contributed by atoms with Crippen molar-refractivity contribution in [1.82, 2.24) is 10.2 Å². The van der Waals surface area contributed by atoms with Gasteiger partial charge in [-0.05, 0) is 64.0 Å². The summed E-state index contributed by atoms with van der Waals surface area (Å²) < 4.78 is 50.8. The molecule has 28 heavy (non-hydrogen) atoms. The molecule has 1 N–H and O–H groups in total. The summed E-state index contributed by atoms with van der Waals surface area (Å²) in [6, 6.07) is 5.29. The zero-order chi connectivity index (χ0) is 20.6. The fourth-order valence-corrected chi connectivity index (χ4v) is 8.95. The molecule has 0 aromatic heterocycles. The van der Waals surface area contributed by atoms with E-state index >= 15 is 0 Å². The zero-order valence-corrected chi connectivity index (χ0v) is 18.8. The van der Waals surface area contributed by atoms with Crippen LogP contribution in [0.5, 0.6) is 0 Å². The van der Waals surface area contributed by atoms with E-state index in [-0.39, 0.29) is 21.9 Å². The van der Waals surface area contributed by atoms with Gasteiger partial charge in [0.25, 0.3) is 0 Å². The number of nitrogens with one attached hydrogen (secondary N) is 1. The molecular formula is C19H29ClN2O4S2. The molecule has 2 fully saturated rings. The number of likely N-dealkylation sites (tertiary alicyclic amines) is 1. The molecule has 1 aromatic carbocycles. The quantitative estimate of drug-likeness (QED) is 0.717. The third-order valence-electron chi connectivity index (χ3n) is 5.85. The van der Waals surface area contributed by atoms with E-state index < -0.39 is 31.0 Å². The first-order valence-electron chi connectivity index (χ1n) is 9.70. The number of benzene rings is 1. The highest BCUT2D eigenvalue weighted by molar-refractivity contribution is 7.96. The molecule has 0 aliphatic carbocycles. The van der Waals surface area contributed by atoms with Gasteiger partial charge in [-0.2, -0.15) is 0 Å². The zero-order valence-electron chi connectivity index (χ0n) is 16.4. The smallest absolute Gasteiger partial charge is 0.183 e. The molecule has 0 amide bonds. The second-order valence-electron chi connectivity index (χ2n) is 8.46. The lowest BCUT2D eigenvalue weighted by Gasteiger charge is -2.42. The summed E-state index contributed by atoms with van der Waals surface area (Å²) in [5, 5.41) is 2.74. The fourth-order valence-electron chi connectivity index (χ4n) is 4.10. The average Bonchev–Trinajstić information content (AvgIpc) is 2.97. The Balaban J connectivity index is 1.77. The summed E-state index contributed by atoms with van der Waals surface area (Å²) in [4.78, 5) is 2.51. The second-order valence-corrected chi connectivity index (χ2v) is 13.2. The van der Waals surface area contributed by atoms with E-state index in [1.165, 1.54) is 30.7 Å². The maximum absolute atomic E-state index is 13.1. The molecule has 2 saturated heterocycles. The van der Waals surface area contributed by atoms with Crippen molar-refractivity contribution in [1.29, 1.82) is 0 Å². The molecule has 0 radical (unpaired) electrons. The third kappa shape index (κ3) is 4.90. The normalized spacial score (nSPS) is 26.4. The first-order chi connectivity index (χ1) is 13.0. The van der Waals surface area contributed by atoms with E-state index in [1.54, 1.807) is 0 Å². The highest BCUT2D eigenvalue weighted by Gasteiger charge is 2.46. The first kappa shape index (κ1) is 22.0. The third-order valence-corrected chi connectivity index (χ3v) is 10.3. The van der Waals surface area contributed by atoms with Crippen LogP contribution in [-0.4, -0.2) is 69.7 Å². The van der Waals surface area contributed by atoms with Crippen molar-refractivity contribution in [3.05, 3.63) is 29.3 Å². The van der Waals surface area contributed by atoms with Crippen LogP contribution >= 0.6 is 11.6 Å². The summed E-state index contributed by atoms with van der Waals surface area (Å²) in [6.45, 7) is 6.82. The number of rotatable bonds is 6. The van der Waals surface area contributed by atoms with Crippen molar-refractivity contribution < 1.29 is 16.8 Å². The van der Waals surface area contributed by atoms with Gasteiger partial charge in [0.2, 0.25) is 0 Å². The highest BCUT2D eigenvalue weighted by atomic mass is 35.5. The minimum Gasteiger partial charge on any atom is -0.310 e. The predicted octanol–water partition coefficient (Wildman–Crippen LogP) is 2.13. The number of sulfone groups is 2. The Labute approximate surface area is 173 Å². The molecule has 3 rings (SSSR count). The van der Waals surface area contributed by atoms with Crippen molar-refractivity contribution in [2.45, 2.75) is 54.8 Å². The van der Waals surface area contributed by atoms with Gasteiger partial charge < -0.3 is 5.32 Å². The molecule has 158 valence electrons. The monoisotopic (exact) mass is 448 g/mol. The first-order valence-corrected chi connectivity index (χ1v) is 13.4. The van der Waals surface area contributed by atoms with Gasteiger partial charge in [-0.3, -0.25) is 4.90 Å². The van der Waals surface area contributed by atoms with Crippen LogP contribution in [-0.2, 0) is 19.7 Å². The van der Waals surface area contributed by atoms with Crippen molar-refractivity contribution in [2.75, 3.05) is 31.1 Å². The number of hydrogen-bond donors (Lipinski definition) is 1. The minimum absolute atomic E-state index is 0.112. The predicted molar refractivity (Wildman–Crippen MR) is 112 cm³/mol. The SMILES string of the molecule is CC(C)(CN[C@H]1CS(=O)(=O)C[C@@H]1S(=O)(=O)c1ccc(Cl)cc1)N1CCCCC1. The standard InChI is InChI=1S/C19H29ClN2O4S2/c1-19(2,22-10-4-3-5-11-22)14-21-17-12-27(23,24)13-18(17)28(25,26)16-8-6-15(20)7-9-16/h6-9,17-18,21H,3-5,10-14H2,1-2H3/t17-,18-/m0/s1. The van der Waals surface area contributed by atoms with Crippen LogP contribution in [0.4, 0.5) is 0 Å². The molecular weight excluding hydrogens is 420 g/mol. The molecule has 0 saturated carbocycles. The minimum atomic E-state index is -3.78. The van der Waals surface area contributed by atoms with E-state index in [4.69, 9.17) is 11.6 Å². The number of hydrogen-bond acceptors (Lipinski definition) is 6. The van der Waals surface area contributed by atoms with Crippen molar-refractivity contribution >= 4 is 31.3 Å². The van der Waals surface area contributed by atoms with Gasteiger partial charge in [0.1, 0.15) is 0 Å². The Morgan fingerprint density at radius 3 is 2.32 bits per heavy atom. The van der Waals surface area contributed by atoms with E-state index in [9.17, 15) is 16.8 Å². The number of piperidine rings is 1. The number of nitrogens with zero attached hydrogens (tertiary/aromatic N) is 1. The Morgan fingerprint density at radius 2 is 1.71 bits per heavy atom. The maximum Gasteiger partial charge on any atom is 0.183 e. The summed E-state index contributed by atoms with van der Waals surface area (Å²) in [5.41, 5.74) is -0.165. The van der Waals surface area contributed by atoms with Gasteiger partial charge in [-0.15, -0.1) is 0 Å². The topological polar surface area (TPSA) is 83.5 Å². The lowest BCUT2D eigenvalue weighted by atomic mass is 9.98. The van der Waals surface area contributed by atoms with Gasteiger partial charge in [0.15, 0.2) is 19.7 Å². The second kappa shape index (κ2) is 8.22. The van der Waals surface area contributed by atoms with Crippen LogP contribution in [0.15, 0.2) is 29.2 Å². The summed E-state index contributed by atoms with van der Waals surface area (Å²) in [7, 11) is -7.20. The van der Waals surface area contributed by atoms with Crippen LogP contribution in [0.25, 0.3) is 0 Å². The van der Waals surface area contributed by atoms with Crippen LogP contribution in [0, 0.1) is 0 Å². The maximum atomic E-state index is 13.1. The summed E-state index contributed by atoms with van der Waals surface area (Å²) in [5.74, 6) is -0.500. The van der Waals surface area contributed by atoms with Crippen LogP contribution < -0.4 is 5.32 Å². The molecule has 0 unspecified atom stereocenters. The Kier molecular flexibility index (Phi) is 6.47. The van der Waals surface area contributed by atoms with E-state index in [0.29, 0.717) is 11.6 Å². The summed E-state index contributed by atoms with van der Waals surface area (Å²) in [6.07, 6.45) is 3.56.